The van der Waals surface area contributed by atoms with E-state index in [9.17, 15) is 0 Å². The van der Waals surface area contributed by atoms with Crippen LogP contribution in [0, 0.1) is 0 Å². The van der Waals surface area contributed by atoms with Gasteiger partial charge in [-0.3, -0.25) is 0 Å². The lowest BCUT2D eigenvalue weighted by Gasteiger charge is -2.26. The number of fused-ring (bicyclic) bond motifs is 1. The van der Waals surface area contributed by atoms with Crippen LogP contribution >= 0.6 is 11.6 Å². The number of imidazole rings is 1. The molecular formula is C15H16ClN5. The zero-order valence-electron chi connectivity index (χ0n) is 11.9. The number of hydrogen-bond donors (Lipinski definition) is 2. The molecule has 0 aliphatic rings. The minimum atomic E-state index is -0.0367. The van der Waals surface area contributed by atoms with Crippen molar-refractivity contribution < 1.29 is 0 Å². The van der Waals surface area contributed by atoms with Crippen LogP contribution in [0.15, 0.2) is 36.7 Å². The summed E-state index contributed by atoms with van der Waals surface area (Å²) in [6, 6.07) is 10.4. The molecule has 21 heavy (non-hydrogen) atoms. The average molecular weight is 302 g/mol. The van der Waals surface area contributed by atoms with Gasteiger partial charge in [0.05, 0.1) is 6.33 Å². The maximum Gasteiger partial charge on any atom is 0.226 e. The predicted molar refractivity (Wildman–Crippen MR) is 84.7 cm³/mol. The van der Waals surface area contributed by atoms with Gasteiger partial charge in [-0.15, -0.1) is 0 Å². The normalized spacial score (nSPS) is 11.8. The summed E-state index contributed by atoms with van der Waals surface area (Å²) in [6.45, 7) is 5.09. The Kier molecular flexibility index (Phi) is 3.51. The van der Waals surface area contributed by atoms with E-state index in [-0.39, 0.29) is 10.7 Å². The summed E-state index contributed by atoms with van der Waals surface area (Å²) < 4.78 is 0. The van der Waals surface area contributed by atoms with Gasteiger partial charge in [0.15, 0.2) is 11.5 Å². The standard InChI is InChI=1S/C15H16ClN5/c1-15(2,10-6-4-3-5-7-10)8-17-12-11-13(19-9-18-11)21-14(16)20-12/h3-7,9H,8H2,1-2H3,(H2,17,18,19,20,21). The fourth-order valence-corrected chi connectivity index (χ4v) is 2.40. The maximum absolute atomic E-state index is 5.93. The molecule has 6 heteroatoms. The molecule has 5 nitrogen and oxygen atoms in total. The van der Waals surface area contributed by atoms with Gasteiger partial charge in [-0.1, -0.05) is 44.2 Å². The summed E-state index contributed by atoms with van der Waals surface area (Å²) in [6.07, 6.45) is 1.59. The topological polar surface area (TPSA) is 66.5 Å². The van der Waals surface area contributed by atoms with Crippen molar-refractivity contribution in [3.8, 4) is 0 Å². The van der Waals surface area contributed by atoms with E-state index in [0.717, 1.165) is 12.1 Å². The van der Waals surface area contributed by atoms with Crippen molar-refractivity contribution >= 4 is 28.6 Å². The molecule has 0 radical (unpaired) electrons. The van der Waals surface area contributed by atoms with Crippen LogP contribution in [0.2, 0.25) is 5.28 Å². The monoisotopic (exact) mass is 301 g/mol. The van der Waals surface area contributed by atoms with Gasteiger partial charge in [-0.2, -0.15) is 9.97 Å². The van der Waals surface area contributed by atoms with Crippen LogP contribution in [-0.2, 0) is 5.41 Å². The molecule has 2 heterocycles. The average Bonchev–Trinajstić information content (AvgIpc) is 2.94. The Morgan fingerprint density at radius 3 is 2.71 bits per heavy atom. The third kappa shape index (κ3) is 2.83. The lowest BCUT2D eigenvalue weighted by Crippen LogP contribution is -2.28. The molecule has 2 aromatic heterocycles. The first-order valence-corrected chi connectivity index (χ1v) is 7.10. The molecule has 0 bridgehead atoms. The number of nitrogens with one attached hydrogen (secondary N) is 2. The lowest BCUT2D eigenvalue weighted by molar-refractivity contribution is 0.556. The second kappa shape index (κ2) is 5.33. The van der Waals surface area contributed by atoms with E-state index in [4.69, 9.17) is 11.6 Å². The summed E-state index contributed by atoms with van der Waals surface area (Å²) in [5.41, 5.74) is 2.56. The van der Waals surface area contributed by atoms with Crippen molar-refractivity contribution in [2.75, 3.05) is 11.9 Å². The first-order chi connectivity index (χ1) is 10.1. The molecule has 0 unspecified atom stereocenters. The largest absolute Gasteiger partial charge is 0.367 e. The lowest BCUT2D eigenvalue weighted by atomic mass is 9.84. The van der Waals surface area contributed by atoms with Gasteiger partial charge in [0, 0.05) is 12.0 Å². The summed E-state index contributed by atoms with van der Waals surface area (Å²) in [5.74, 6) is 0.673. The maximum atomic E-state index is 5.93. The van der Waals surface area contributed by atoms with Gasteiger partial charge in [-0.25, -0.2) is 4.98 Å². The number of aromatic nitrogens is 4. The van der Waals surface area contributed by atoms with Gasteiger partial charge < -0.3 is 10.3 Å². The Hall–Kier alpha value is -2.14. The van der Waals surface area contributed by atoms with Crippen LogP contribution in [-0.4, -0.2) is 26.5 Å². The summed E-state index contributed by atoms with van der Waals surface area (Å²) in [7, 11) is 0. The molecule has 3 rings (SSSR count). The number of hydrogen-bond acceptors (Lipinski definition) is 4. The van der Waals surface area contributed by atoms with E-state index < -0.39 is 0 Å². The third-order valence-corrected chi connectivity index (χ3v) is 3.68. The molecule has 0 saturated carbocycles. The molecule has 0 aliphatic carbocycles. The van der Waals surface area contributed by atoms with Crippen molar-refractivity contribution in [3.63, 3.8) is 0 Å². The number of anilines is 1. The van der Waals surface area contributed by atoms with Crippen molar-refractivity contribution in [2.45, 2.75) is 19.3 Å². The van der Waals surface area contributed by atoms with Gasteiger partial charge in [0.2, 0.25) is 5.28 Å². The minimum Gasteiger partial charge on any atom is -0.367 e. The Bertz CT molecular complexity index is 751. The van der Waals surface area contributed by atoms with Crippen LogP contribution in [0.25, 0.3) is 11.2 Å². The third-order valence-electron chi connectivity index (χ3n) is 3.51. The highest BCUT2D eigenvalue weighted by Gasteiger charge is 2.21. The van der Waals surface area contributed by atoms with Crippen molar-refractivity contribution in [3.05, 3.63) is 47.5 Å². The number of halogens is 1. The fraction of sp³-hybridized carbons (Fsp3) is 0.267. The van der Waals surface area contributed by atoms with Crippen molar-refractivity contribution in [2.24, 2.45) is 0 Å². The predicted octanol–water partition coefficient (Wildman–Crippen LogP) is 3.40. The molecule has 0 aliphatic heterocycles. The van der Waals surface area contributed by atoms with Crippen molar-refractivity contribution in [1.29, 1.82) is 0 Å². The Morgan fingerprint density at radius 2 is 1.95 bits per heavy atom. The van der Waals surface area contributed by atoms with E-state index in [2.05, 4.69) is 51.2 Å². The highest BCUT2D eigenvalue weighted by molar-refractivity contribution is 6.28. The van der Waals surface area contributed by atoms with E-state index in [1.807, 2.05) is 18.2 Å². The van der Waals surface area contributed by atoms with Gasteiger partial charge in [-0.05, 0) is 17.2 Å². The number of rotatable bonds is 4. The Morgan fingerprint density at radius 1 is 1.19 bits per heavy atom. The number of benzene rings is 1. The van der Waals surface area contributed by atoms with Crippen LogP contribution in [0.1, 0.15) is 19.4 Å². The van der Waals surface area contributed by atoms with Crippen LogP contribution in [0.3, 0.4) is 0 Å². The van der Waals surface area contributed by atoms with Crippen LogP contribution in [0.4, 0.5) is 5.82 Å². The quantitative estimate of drug-likeness (QED) is 0.725. The Balaban J connectivity index is 1.85. The summed E-state index contributed by atoms with van der Waals surface area (Å²) >= 11 is 5.93. The number of aromatic amines is 1. The zero-order valence-corrected chi connectivity index (χ0v) is 12.6. The summed E-state index contributed by atoms with van der Waals surface area (Å²) in [5, 5.41) is 3.54. The van der Waals surface area contributed by atoms with Gasteiger partial charge in [0.1, 0.15) is 5.52 Å². The highest BCUT2D eigenvalue weighted by Crippen LogP contribution is 2.25. The molecule has 0 fully saturated rings. The first-order valence-electron chi connectivity index (χ1n) is 6.72. The smallest absolute Gasteiger partial charge is 0.226 e. The first kappa shape index (κ1) is 13.8. The molecule has 0 amide bonds. The van der Waals surface area contributed by atoms with Crippen LogP contribution in [0.5, 0.6) is 0 Å². The number of nitrogens with zero attached hydrogens (tertiary/aromatic N) is 3. The Labute approximate surface area is 127 Å². The molecule has 3 aromatic rings. The zero-order chi connectivity index (χ0) is 14.9. The molecule has 1 aromatic carbocycles. The van der Waals surface area contributed by atoms with E-state index in [0.29, 0.717) is 11.5 Å². The minimum absolute atomic E-state index is 0.0367. The fourth-order valence-electron chi connectivity index (χ4n) is 2.23. The van der Waals surface area contributed by atoms with E-state index in [1.54, 1.807) is 6.33 Å². The van der Waals surface area contributed by atoms with Gasteiger partial charge in [0.25, 0.3) is 0 Å². The summed E-state index contributed by atoms with van der Waals surface area (Å²) in [4.78, 5) is 15.5. The molecule has 108 valence electrons. The van der Waals surface area contributed by atoms with E-state index in [1.165, 1.54) is 5.56 Å². The highest BCUT2D eigenvalue weighted by atomic mass is 35.5. The van der Waals surface area contributed by atoms with Crippen molar-refractivity contribution in [1.82, 2.24) is 19.9 Å². The van der Waals surface area contributed by atoms with Gasteiger partial charge >= 0.3 is 0 Å². The molecular weight excluding hydrogens is 286 g/mol. The second-order valence-corrected chi connectivity index (χ2v) is 5.88. The SMILES string of the molecule is CC(C)(CNc1nc(Cl)nc2nc[nH]c12)c1ccccc1. The molecule has 0 saturated heterocycles. The molecule has 0 atom stereocenters. The second-order valence-electron chi connectivity index (χ2n) is 5.55. The molecule has 0 spiro atoms. The number of H-pyrrole nitrogens is 1. The van der Waals surface area contributed by atoms with Crippen LogP contribution < -0.4 is 5.32 Å². The van der Waals surface area contributed by atoms with E-state index >= 15 is 0 Å². The molecule has 2 N–H and O–H groups in total.